The molecule has 1 saturated heterocycles. The third-order valence-electron chi connectivity index (χ3n) is 7.75. The molecule has 1 saturated carbocycles. The van der Waals surface area contributed by atoms with E-state index in [1.54, 1.807) is 20.8 Å². The van der Waals surface area contributed by atoms with Crippen LogP contribution in [0.3, 0.4) is 0 Å². The number of ketones is 2. The molecular weight excluding hydrogens is 588 g/mol. The maximum atomic E-state index is 13.9. The minimum absolute atomic E-state index is 0.00246. The topological polar surface area (TPSA) is 151 Å². The molecule has 1 heterocycles. The fourth-order valence-electron chi connectivity index (χ4n) is 5.83. The van der Waals surface area contributed by atoms with Crippen LogP contribution in [0.1, 0.15) is 139 Å². The molecule has 264 valence electrons. The van der Waals surface area contributed by atoms with Crippen molar-refractivity contribution in [3.63, 3.8) is 0 Å². The van der Waals surface area contributed by atoms with Gasteiger partial charge in [-0.15, -0.1) is 0 Å². The minimum atomic E-state index is -1.05. The first-order valence-corrected chi connectivity index (χ1v) is 17.4. The number of ether oxygens (including phenoxy) is 1. The highest BCUT2D eigenvalue weighted by molar-refractivity contribution is 6.38. The van der Waals surface area contributed by atoms with E-state index in [4.69, 9.17) is 4.74 Å². The normalized spacial score (nSPS) is 18.4. The zero-order chi connectivity index (χ0) is 35.1. The molecular formula is C35H62N4O7. The Kier molecular flexibility index (Phi) is 17.5. The van der Waals surface area contributed by atoms with Crippen LogP contribution in [0.25, 0.3) is 0 Å². The van der Waals surface area contributed by atoms with E-state index in [0.717, 1.165) is 32.1 Å². The summed E-state index contributed by atoms with van der Waals surface area (Å²) in [7, 11) is 0. The Balaban J connectivity index is 0.00000338. The Morgan fingerprint density at radius 2 is 1.46 bits per heavy atom. The summed E-state index contributed by atoms with van der Waals surface area (Å²) < 4.78 is 5.44. The van der Waals surface area contributed by atoms with Gasteiger partial charge < -0.3 is 25.6 Å². The van der Waals surface area contributed by atoms with Crippen molar-refractivity contribution in [2.24, 2.45) is 11.3 Å². The second-order valence-electron chi connectivity index (χ2n) is 14.9. The van der Waals surface area contributed by atoms with Gasteiger partial charge in [0.1, 0.15) is 23.5 Å². The largest absolute Gasteiger partial charge is 0.444 e. The summed E-state index contributed by atoms with van der Waals surface area (Å²) in [5.74, 6) is -2.51. The zero-order valence-electron chi connectivity index (χ0n) is 30.0. The van der Waals surface area contributed by atoms with Gasteiger partial charge in [0, 0.05) is 25.9 Å². The van der Waals surface area contributed by atoms with Gasteiger partial charge in [0.2, 0.25) is 17.6 Å². The SMILES string of the molecule is CCC.CCCC(NC(=O)[C@@H]1CCCN1C(=O)C(NC(=O)OC(C)(C)C)C1CCCCC1)C(=O)C(=O)NCCC(=O)CC(C)(C)C. The monoisotopic (exact) mass is 650 g/mol. The van der Waals surface area contributed by atoms with Crippen LogP contribution in [0, 0.1) is 11.3 Å². The lowest BCUT2D eigenvalue weighted by atomic mass is 9.83. The van der Waals surface area contributed by atoms with E-state index in [0.29, 0.717) is 32.2 Å². The molecule has 2 aliphatic rings. The fraction of sp³-hybridized carbons (Fsp3) is 0.829. The average molecular weight is 651 g/mol. The van der Waals surface area contributed by atoms with Crippen LogP contribution in [-0.2, 0) is 28.7 Å². The number of hydrogen-bond donors (Lipinski definition) is 3. The maximum absolute atomic E-state index is 13.9. The molecule has 1 aliphatic carbocycles. The van der Waals surface area contributed by atoms with Gasteiger partial charge >= 0.3 is 6.09 Å². The van der Waals surface area contributed by atoms with Gasteiger partial charge in [-0.05, 0) is 64.2 Å². The van der Waals surface area contributed by atoms with E-state index in [2.05, 4.69) is 29.8 Å². The lowest BCUT2D eigenvalue weighted by Gasteiger charge is -2.35. The number of rotatable bonds is 13. The number of nitrogens with zero attached hydrogens (tertiary/aromatic N) is 1. The predicted molar refractivity (Wildman–Crippen MR) is 179 cm³/mol. The summed E-state index contributed by atoms with van der Waals surface area (Å²) in [6.45, 7) is 17.6. The van der Waals surface area contributed by atoms with E-state index in [-0.39, 0.29) is 42.4 Å². The van der Waals surface area contributed by atoms with Crippen molar-refractivity contribution in [3.05, 3.63) is 0 Å². The average Bonchev–Trinajstić information content (AvgIpc) is 3.44. The van der Waals surface area contributed by atoms with E-state index in [1.807, 2.05) is 27.7 Å². The number of likely N-dealkylation sites (tertiary alicyclic amines) is 1. The molecule has 0 aromatic rings. The lowest BCUT2D eigenvalue weighted by Crippen LogP contribution is -2.58. The van der Waals surface area contributed by atoms with E-state index in [1.165, 1.54) is 11.3 Å². The predicted octanol–water partition coefficient (Wildman–Crippen LogP) is 5.23. The smallest absolute Gasteiger partial charge is 0.408 e. The molecule has 2 rings (SSSR count). The Labute approximate surface area is 277 Å². The van der Waals surface area contributed by atoms with Gasteiger partial charge in [-0.1, -0.05) is 73.6 Å². The molecule has 1 aliphatic heterocycles. The number of carbonyl (C=O) groups excluding carboxylic acids is 6. The molecule has 4 amide bonds. The Morgan fingerprint density at radius 3 is 2.00 bits per heavy atom. The number of alkyl carbamates (subject to hydrolysis) is 1. The summed E-state index contributed by atoms with van der Waals surface area (Å²) in [5, 5.41) is 8.04. The van der Waals surface area contributed by atoms with Crippen LogP contribution in [0.5, 0.6) is 0 Å². The highest BCUT2D eigenvalue weighted by atomic mass is 16.6. The van der Waals surface area contributed by atoms with E-state index in [9.17, 15) is 28.8 Å². The van der Waals surface area contributed by atoms with Crippen LogP contribution in [0.2, 0.25) is 0 Å². The summed E-state index contributed by atoms with van der Waals surface area (Å²) in [6, 6.07) is -2.68. The standard InChI is InChI=1S/C32H54N4O7.C3H8/c1-8-13-23(26(38)28(40)33-18-17-22(37)20-31(2,3)4)34-27(39)24-16-12-19-36(24)29(41)25(21-14-10-9-11-15-21)35-30(42)43-32(5,6)7;1-3-2/h21,23-25H,8-20H2,1-7H3,(H,33,40)(H,34,39)(H,35,42);3H2,1-2H3/t23?,24-,25?;/m0./s1. The molecule has 2 unspecified atom stereocenters. The zero-order valence-corrected chi connectivity index (χ0v) is 30.0. The summed E-state index contributed by atoms with van der Waals surface area (Å²) in [6.07, 6.45) is 7.47. The second-order valence-corrected chi connectivity index (χ2v) is 14.9. The first kappa shape index (κ1) is 41.0. The molecule has 46 heavy (non-hydrogen) atoms. The quantitative estimate of drug-likeness (QED) is 0.231. The molecule has 3 N–H and O–H groups in total. The number of hydrogen-bond acceptors (Lipinski definition) is 7. The van der Waals surface area contributed by atoms with Gasteiger partial charge in [-0.2, -0.15) is 0 Å². The van der Waals surface area contributed by atoms with Crippen LogP contribution in [0.4, 0.5) is 4.79 Å². The molecule has 0 radical (unpaired) electrons. The fourth-order valence-corrected chi connectivity index (χ4v) is 5.83. The Hall–Kier alpha value is -2.98. The summed E-state index contributed by atoms with van der Waals surface area (Å²) in [5.41, 5.74) is -0.888. The first-order valence-electron chi connectivity index (χ1n) is 17.4. The lowest BCUT2D eigenvalue weighted by molar-refractivity contribution is -0.143. The highest BCUT2D eigenvalue weighted by Crippen LogP contribution is 2.30. The Bertz CT molecular complexity index is 1020. The third-order valence-corrected chi connectivity index (χ3v) is 7.75. The first-order chi connectivity index (χ1) is 21.4. The summed E-state index contributed by atoms with van der Waals surface area (Å²) in [4.78, 5) is 79.3. The minimum Gasteiger partial charge on any atom is -0.444 e. The van der Waals surface area contributed by atoms with Gasteiger partial charge in [0.25, 0.3) is 5.91 Å². The molecule has 0 spiro atoms. The number of carbonyl (C=O) groups is 6. The van der Waals surface area contributed by atoms with Crippen LogP contribution in [-0.4, -0.2) is 77.1 Å². The maximum Gasteiger partial charge on any atom is 0.408 e. The molecule has 0 bridgehead atoms. The van der Waals surface area contributed by atoms with Gasteiger partial charge in [-0.25, -0.2) is 4.79 Å². The van der Waals surface area contributed by atoms with Gasteiger partial charge in [0.15, 0.2) is 0 Å². The van der Waals surface area contributed by atoms with Gasteiger partial charge in [-0.3, -0.25) is 24.0 Å². The molecule has 11 heteroatoms. The van der Waals surface area contributed by atoms with Crippen molar-refractivity contribution in [2.75, 3.05) is 13.1 Å². The van der Waals surface area contributed by atoms with Crippen molar-refractivity contribution in [3.8, 4) is 0 Å². The second kappa shape index (κ2) is 19.6. The third kappa shape index (κ3) is 15.1. The van der Waals surface area contributed by atoms with Crippen molar-refractivity contribution < 1.29 is 33.5 Å². The van der Waals surface area contributed by atoms with Crippen LogP contribution in [0.15, 0.2) is 0 Å². The highest BCUT2D eigenvalue weighted by Gasteiger charge is 2.42. The van der Waals surface area contributed by atoms with Crippen molar-refractivity contribution in [1.82, 2.24) is 20.9 Å². The van der Waals surface area contributed by atoms with Crippen LogP contribution >= 0.6 is 0 Å². The molecule has 0 aromatic heterocycles. The van der Waals surface area contributed by atoms with E-state index < -0.39 is 47.4 Å². The number of Topliss-reactive ketones (excluding diaryl/α,β-unsaturated/α-hetero) is 2. The molecule has 2 fully saturated rings. The number of nitrogens with one attached hydrogen (secondary N) is 3. The van der Waals surface area contributed by atoms with E-state index >= 15 is 0 Å². The van der Waals surface area contributed by atoms with Crippen molar-refractivity contribution in [1.29, 1.82) is 0 Å². The number of amides is 4. The van der Waals surface area contributed by atoms with Crippen molar-refractivity contribution >= 4 is 35.4 Å². The Morgan fingerprint density at radius 1 is 0.848 bits per heavy atom. The van der Waals surface area contributed by atoms with Gasteiger partial charge in [0.05, 0.1) is 6.04 Å². The summed E-state index contributed by atoms with van der Waals surface area (Å²) >= 11 is 0. The molecule has 11 nitrogen and oxygen atoms in total. The van der Waals surface area contributed by atoms with Crippen LogP contribution < -0.4 is 16.0 Å². The molecule has 0 aromatic carbocycles. The molecule has 3 atom stereocenters. The van der Waals surface area contributed by atoms with Crippen molar-refractivity contribution in [2.45, 2.75) is 163 Å².